The maximum atomic E-state index is 11.6. The molecule has 2 atom stereocenters. The number of amides is 1. The zero-order valence-corrected chi connectivity index (χ0v) is 9.85. The zero-order valence-electron chi connectivity index (χ0n) is 9.03. The number of hydrogen-bond donors (Lipinski definition) is 1. The Labute approximate surface area is 94.7 Å². The molecule has 2 unspecified atom stereocenters. The quantitative estimate of drug-likeness (QED) is 0.838. The second-order valence-electron chi connectivity index (χ2n) is 4.47. The van der Waals surface area contributed by atoms with E-state index >= 15 is 0 Å². The number of nitrogens with one attached hydrogen (secondary N) is 1. The maximum Gasteiger partial charge on any atom is 0.261 e. The van der Waals surface area contributed by atoms with E-state index in [-0.39, 0.29) is 5.91 Å². The van der Waals surface area contributed by atoms with Crippen molar-refractivity contribution in [3.63, 3.8) is 0 Å². The zero-order chi connectivity index (χ0) is 10.7. The third kappa shape index (κ3) is 2.81. The minimum absolute atomic E-state index is 0.0875. The van der Waals surface area contributed by atoms with Gasteiger partial charge in [-0.3, -0.25) is 4.79 Å². The number of carbonyl (C=O) groups excluding carboxylic acids is 1. The summed E-state index contributed by atoms with van der Waals surface area (Å²) in [5.74, 6) is 1.63. The van der Waals surface area contributed by atoms with E-state index in [0.717, 1.165) is 17.3 Å². The van der Waals surface area contributed by atoms with Gasteiger partial charge in [0.2, 0.25) is 0 Å². The van der Waals surface area contributed by atoms with E-state index in [9.17, 15) is 4.79 Å². The highest BCUT2D eigenvalue weighted by Crippen LogP contribution is 2.29. The van der Waals surface area contributed by atoms with Crippen molar-refractivity contribution in [3.8, 4) is 0 Å². The summed E-state index contributed by atoms with van der Waals surface area (Å²) in [6.07, 6.45) is 3.86. The Morgan fingerprint density at radius 3 is 3.07 bits per heavy atom. The number of thiophene rings is 1. The van der Waals surface area contributed by atoms with Crippen molar-refractivity contribution in [2.24, 2.45) is 11.8 Å². The van der Waals surface area contributed by atoms with E-state index < -0.39 is 0 Å². The molecule has 1 N–H and O–H groups in total. The van der Waals surface area contributed by atoms with Gasteiger partial charge in [-0.2, -0.15) is 0 Å². The van der Waals surface area contributed by atoms with Crippen molar-refractivity contribution in [1.29, 1.82) is 0 Å². The molecule has 1 heterocycles. The van der Waals surface area contributed by atoms with Crippen molar-refractivity contribution in [2.75, 3.05) is 6.54 Å². The van der Waals surface area contributed by atoms with Gasteiger partial charge in [0, 0.05) is 6.54 Å². The van der Waals surface area contributed by atoms with Gasteiger partial charge in [-0.25, -0.2) is 0 Å². The molecule has 1 aliphatic rings. The molecule has 3 heteroatoms. The van der Waals surface area contributed by atoms with Gasteiger partial charge in [0.1, 0.15) is 0 Å². The number of rotatable bonds is 3. The van der Waals surface area contributed by atoms with E-state index in [1.165, 1.54) is 30.6 Å². The molecule has 0 aromatic carbocycles. The molecule has 1 aromatic rings. The maximum absolute atomic E-state index is 11.6. The standard InChI is InChI=1S/C12H17NOS/c1-9-4-5-10(7-9)8-13-12(14)11-3-2-6-15-11/h2-3,6,9-10H,4-5,7-8H2,1H3,(H,13,14). The third-order valence-corrected chi connectivity index (χ3v) is 3.97. The van der Waals surface area contributed by atoms with E-state index in [1.54, 1.807) is 0 Å². The summed E-state index contributed by atoms with van der Waals surface area (Å²) in [5, 5.41) is 4.96. The molecule has 0 saturated heterocycles. The Morgan fingerprint density at radius 1 is 1.60 bits per heavy atom. The first-order chi connectivity index (χ1) is 7.25. The number of carbonyl (C=O) groups is 1. The largest absolute Gasteiger partial charge is 0.351 e. The predicted octanol–water partition coefficient (Wildman–Crippen LogP) is 2.91. The number of hydrogen-bond acceptors (Lipinski definition) is 2. The molecule has 0 spiro atoms. The normalized spacial score (nSPS) is 25.4. The summed E-state index contributed by atoms with van der Waals surface area (Å²) in [5.41, 5.74) is 0. The molecule has 1 saturated carbocycles. The van der Waals surface area contributed by atoms with E-state index in [4.69, 9.17) is 0 Å². The Bertz CT molecular complexity index is 320. The van der Waals surface area contributed by atoms with Gasteiger partial charge >= 0.3 is 0 Å². The second kappa shape index (κ2) is 4.79. The first kappa shape index (κ1) is 10.7. The highest BCUT2D eigenvalue weighted by atomic mass is 32.1. The van der Waals surface area contributed by atoms with Crippen LogP contribution in [-0.2, 0) is 0 Å². The Balaban J connectivity index is 1.76. The van der Waals surface area contributed by atoms with Gasteiger partial charge in [0.15, 0.2) is 0 Å². The van der Waals surface area contributed by atoms with Gasteiger partial charge < -0.3 is 5.32 Å². The van der Waals surface area contributed by atoms with Crippen LogP contribution in [-0.4, -0.2) is 12.5 Å². The van der Waals surface area contributed by atoms with Crippen molar-refractivity contribution in [1.82, 2.24) is 5.32 Å². The molecule has 1 aliphatic carbocycles. The topological polar surface area (TPSA) is 29.1 Å². The van der Waals surface area contributed by atoms with Crippen LogP contribution >= 0.6 is 11.3 Å². The SMILES string of the molecule is CC1CCC(CNC(=O)c2cccs2)C1. The molecule has 2 nitrogen and oxygen atoms in total. The van der Waals surface area contributed by atoms with Crippen LogP contribution in [0.25, 0.3) is 0 Å². The summed E-state index contributed by atoms with van der Waals surface area (Å²) < 4.78 is 0. The van der Waals surface area contributed by atoms with Gasteiger partial charge in [0.25, 0.3) is 5.91 Å². The van der Waals surface area contributed by atoms with Crippen LogP contribution in [0.2, 0.25) is 0 Å². The minimum Gasteiger partial charge on any atom is -0.351 e. The molecule has 2 rings (SSSR count). The molecule has 15 heavy (non-hydrogen) atoms. The first-order valence-corrected chi connectivity index (χ1v) is 6.45. The highest BCUT2D eigenvalue weighted by molar-refractivity contribution is 7.12. The van der Waals surface area contributed by atoms with Crippen molar-refractivity contribution in [2.45, 2.75) is 26.2 Å². The monoisotopic (exact) mass is 223 g/mol. The smallest absolute Gasteiger partial charge is 0.261 e. The lowest BCUT2D eigenvalue weighted by atomic mass is 10.1. The molecule has 0 radical (unpaired) electrons. The second-order valence-corrected chi connectivity index (χ2v) is 5.42. The average molecular weight is 223 g/mol. The Kier molecular flexibility index (Phi) is 3.41. The summed E-state index contributed by atoms with van der Waals surface area (Å²) in [7, 11) is 0. The van der Waals surface area contributed by atoms with E-state index in [0.29, 0.717) is 5.92 Å². The predicted molar refractivity (Wildman–Crippen MR) is 63.2 cm³/mol. The molecule has 1 fully saturated rings. The van der Waals surface area contributed by atoms with E-state index in [1.807, 2.05) is 17.5 Å². The lowest BCUT2D eigenvalue weighted by molar-refractivity contribution is 0.0951. The fraction of sp³-hybridized carbons (Fsp3) is 0.583. The Hall–Kier alpha value is -0.830. The molecule has 1 aromatic heterocycles. The highest BCUT2D eigenvalue weighted by Gasteiger charge is 2.21. The van der Waals surface area contributed by atoms with Gasteiger partial charge in [-0.1, -0.05) is 19.4 Å². The summed E-state index contributed by atoms with van der Waals surface area (Å²) in [4.78, 5) is 12.5. The van der Waals surface area contributed by atoms with Crippen LogP contribution in [0.15, 0.2) is 17.5 Å². The van der Waals surface area contributed by atoms with Crippen LogP contribution in [0.3, 0.4) is 0 Å². The van der Waals surface area contributed by atoms with Crippen LogP contribution in [0.1, 0.15) is 35.9 Å². The third-order valence-electron chi connectivity index (χ3n) is 3.10. The molecular weight excluding hydrogens is 206 g/mol. The van der Waals surface area contributed by atoms with Gasteiger partial charge in [-0.05, 0) is 36.1 Å². The molecule has 1 amide bonds. The molecule has 0 bridgehead atoms. The van der Waals surface area contributed by atoms with Crippen molar-refractivity contribution in [3.05, 3.63) is 22.4 Å². The Morgan fingerprint density at radius 2 is 2.47 bits per heavy atom. The summed E-state index contributed by atoms with van der Waals surface area (Å²) in [6, 6.07) is 3.79. The fourth-order valence-corrected chi connectivity index (χ4v) is 2.88. The van der Waals surface area contributed by atoms with Gasteiger partial charge in [0.05, 0.1) is 4.88 Å². The molecular formula is C12H17NOS. The lowest BCUT2D eigenvalue weighted by Crippen LogP contribution is -2.27. The van der Waals surface area contributed by atoms with Crippen LogP contribution in [0.5, 0.6) is 0 Å². The van der Waals surface area contributed by atoms with E-state index in [2.05, 4.69) is 12.2 Å². The van der Waals surface area contributed by atoms with Crippen LogP contribution < -0.4 is 5.32 Å². The lowest BCUT2D eigenvalue weighted by Gasteiger charge is -2.10. The summed E-state index contributed by atoms with van der Waals surface area (Å²) in [6.45, 7) is 3.14. The van der Waals surface area contributed by atoms with Crippen molar-refractivity contribution < 1.29 is 4.79 Å². The summed E-state index contributed by atoms with van der Waals surface area (Å²) >= 11 is 1.50. The molecule has 0 aliphatic heterocycles. The fourth-order valence-electron chi connectivity index (χ4n) is 2.24. The minimum atomic E-state index is 0.0875. The van der Waals surface area contributed by atoms with Crippen LogP contribution in [0.4, 0.5) is 0 Å². The van der Waals surface area contributed by atoms with Crippen LogP contribution in [0, 0.1) is 11.8 Å². The first-order valence-electron chi connectivity index (χ1n) is 5.57. The average Bonchev–Trinajstić information content (AvgIpc) is 2.84. The van der Waals surface area contributed by atoms with Crippen molar-refractivity contribution >= 4 is 17.2 Å². The van der Waals surface area contributed by atoms with Gasteiger partial charge in [-0.15, -0.1) is 11.3 Å². The molecule has 82 valence electrons.